The Morgan fingerprint density at radius 1 is 1.25 bits per heavy atom. The highest BCUT2D eigenvalue weighted by atomic mass is 16.3. The van der Waals surface area contributed by atoms with Crippen LogP contribution in [0.2, 0.25) is 0 Å². The molecule has 2 heteroatoms. The molecule has 1 aliphatic rings. The Labute approximate surface area is 96.8 Å². The van der Waals surface area contributed by atoms with Gasteiger partial charge in [0, 0.05) is 0 Å². The molecule has 3 N–H and O–H groups in total. The Morgan fingerprint density at radius 3 is 2.50 bits per heavy atom. The number of benzene rings is 1. The van der Waals surface area contributed by atoms with E-state index in [0.29, 0.717) is 5.76 Å². The molecule has 1 atom stereocenters. The van der Waals surface area contributed by atoms with Crippen LogP contribution >= 0.6 is 0 Å². The summed E-state index contributed by atoms with van der Waals surface area (Å²) in [7, 11) is 0. The van der Waals surface area contributed by atoms with Crippen molar-refractivity contribution in [3.63, 3.8) is 0 Å². The lowest BCUT2D eigenvalue weighted by Crippen LogP contribution is -2.26. The molecule has 86 valence electrons. The van der Waals surface area contributed by atoms with Crippen molar-refractivity contribution in [2.45, 2.75) is 38.1 Å². The zero-order valence-electron chi connectivity index (χ0n) is 9.52. The number of rotatable bonds is 4. The van der Waals surface area contributed by atoms with Crippen LogP contribution in [0.4, 0.5) is 0 Å². The summed E-state index contributed by atoms with van der Waals surface area (Å²) in [6.45, 7) is 0. The molecule has 1 unspecified atom stereocenters. The number of allylic oxidation sites excluding steroid dienone is 1. The summed E-state index contributed by atoms with van der Waals surface area (Å²) in [4.78, 5) is 0. The van der Waals surface area contributed by atoms with Crippen LogP contribution in [0.15, 0.2) is 41.7 Å². The van der Waals surface area contributed by atoms with E-state index < -0.39 is 0 Å². The molecule has 1 saturated carbocycles. The SMILES string of the molecule is NC(CCc1ccccc1)C(O)=C1CCC1. The van der Waals surface area contributed by atoms with Crippen molar-refractivity contribution in [3.05, 3.63) is 47.2 Å². The highest BCUT2D eigenvalue weighted by molar-refractivity contribution is 5.19. The molecule has 1 aromatic carbocycles. The first-order valence-corrected chi connectivity index (χ1v) is 5.98. The summed E-state index contributed by atoms with van der Waals surface area (Å²) in [6.07, 6.45) is 5.01. The Bertz CT molecular complexity index is 364. The third-order valence-electron chi connectivity index (χ3n) is 3.26. The predicted molar refractivity (Wildman–Crippen MR) is 66.2 cm³/mol. The molecular formula is C14H19NO. The van der Waals surface area contributed by atoms with Gasteiger partial charge in [0.1, 0.15) is 5.76 Å². The van der Waals surface area contributed by atoms with E-state index in [1.807, 2.05) is 18.2 Å². The van der Waals surface area contributed by atoms with Gasteiger partial charge in [0.2, 0.25) is 0 Å². The zero-order chi connectivity index (χ0) is 11.4. The number of hydrogen-bond acceptors (Lipinski definition) is 2. The number of hydrogen-bond donors (Lipinski definition) is 2. The maximum Gasteiger partial charge on any atom is 0.108 e. The van der Waals surface area contributed by atoms with Gasteiger partial charge >= 0.3 is 0 Å². The fourth-order valence-electron chi connectivity index (χ4n) is 1.98. The molecule has 0 radical (unpaired) electrons. The second-order valence-electron chi connectivity index (χ2n) is 4.47. The highest BCUT2D eigenvalue weighted by Gasteiger charge is 2.18. The lowest BCUT2D eigenvalue weighted by atomic mass is 9.88. The summed E-state index contributed by atoms with van der Waals surface area (Å²) < 4.78 is 0. The largest absolute Gasteiger partial charge is 0.511 e. The normalized spacial score (nSPS) is 16.7. The van der Waals surface area contributed by atoms with Crippen LogP contribution in [-0.2, 0) is 6.42 Å². The average Bonchev–Trinajstić information content (AvgIpc) is 2.25. The minimum atomic E-state index is -0.185. The van der Waals surface area contributed by atoms with Crippen molar-refractivity contribution in [2.75, 3.05) is 0 Å². The van der Waals surface area contributed by atoms with Gasteiger partial charge in [-0.1, -0.05) is 30.3 Å². The van der Waals surface area contributed by atoms with E-state index in [9.17, 15) is 5.11 Å². The van der Waals surface area contributed by atoms with Gasteiger partial charge < -0.3 is 10.8 Å². The van der Waals surface area contributed by atoms with Gasteiger partial charge in [-0.25, -0.2) is 0 Å². The highest BCUT2D eigenvalue weighted by Crippen LogP contribution is 2.29. The Hall–Kier alpha value is -1.28. The summed E-state index contributed by atoms with van der Waals surface area (Å²) >= 11 is 0. The zero-order valence-corrected chi connectivity index (χ0v) is 9.52. The van der Waals surface area contributed by atoms with Crippen LogP contribution in [0.3, 0.4) is 0 Å². The van der Waals surface area contributed by atoms with E-state index in [1.54, 1.807) is 0 Å². The van der Waals surface area contributed by atoms with Crippen molar-refractivity contribution >= 4 is 0 Å². The summed E-state index contributed by atoms with van der Waals surface area (Å²) in [5.74, 6) is 0.446. The van der Waals surface area contributed by atoms with Crippen LogP contribution in [0.1, 0.15) is 31.2 Å². The smallest absolute Gasteiger partial charge is 0.108 e. The van der Waals surface area contributed by atoms with Crippen molar-refractivity contribution < 1.29 is 5.11 Å². The molecule has 0 bridgehead atoms. The quantitative estimate of drug-likeness (QED) is 0.762. The van der Waals surface area contributed by atoms with E-state index in [4.69, 9.17) is 5.73 Å². The van der Waals surface area contributed by atoms with Gasteiger partial charge in [0.25, 0.3) is 0 Å². The molecule has 0 heterocycles. The van der Waals surface area contributed by atoms with E-state index in [0.717, 1.165) is 25.7 Å². The second-order valence-corrected chi connectivity index (χ2v) is 4.47. The van der Waals surface area contributed by atoms with Gasteiger partial charge in [0.15, 0.2) is 0 Å². The van der Waals surface area contributed by atoms with Crippen molar-refractivity contribution in [1.82, 2.24) is 0 Å². The maximum atomic E-state index is 9.87. The van der Waals surface area contributed by atoms with E-state index in [-0.39, 0.29) is 6.04 Å². The standard InChI is InChI=1S/C14H19NO/c15-13(14(16)12-7-4-8-12)10-9-11-5-2-1-3-6-11/h1-3,5-6,13,16H,4,7-10,15H2. The van der Waals surface area contributed by atoms with E-state index in [2.05, 4.69) is 12.1 Å². The Kier molecular flexibility index (Phi) is 3.62. The van der Waals surface area contributed by atoms with Crippen LogP contribution in [-0.4, -0.2) is 11.1 Å². The summed E-state index contributed by atoms with van der Waals surface area (Å²) in [6, 6.07) is 10.1. The molecule has 1 aliphatic carbocycles. The van der Waals surface area contributed by atoms with Crippen LogP contribution in [0.25, 0.3) is 0 Å². The molecule has 0 spiro atoms. The monoisotopic (exact) mass is 217 g/mol. The summed E-state index contributed by atoms with van der Waals surface area (Å²) in [5.41, 5.74) is 8.42. The number of nitrogens with two attached hydrogens (primary N) is 1. The maximum absolute atomic E-state index is 9.87. The number of aliphatic hydroxyl groups excluding tert-OH is 1. The first-order valence-electron chi connectivity index (χ1n) is 5.98. The fourth-order valence-corrected chi connectivity index (χ4v) is 1.98. The Balaban J connectivity index is 1.86. The molecule has 2 nitrogen and oxygen atoms in total. The van der Waals surface area contributed by atoms with Gasteiger partial charge in [-0.15, -0.1) is 0 Å². The topological polar surface area (TPSA) is 46.2 Å². The van der Waals surface area contributed by atoms with Gasteiger partial charge in [-0.2, -0.15) is 0 Å². The molecule has 1 fully saturated rings. The van der Waals surface area contributed by atoms with Crippen molar-refractivity contribution in [3.8, 4) is 0 Å². The average molecular weight is 217 g/mol. The molecule has 2 rings (SSSR count). The van der Waals surface area contributed by atoms with E-state index in [1.165, 1.54) is 17.6 Å². The van der Waals surface area contributed by atoms with Gasteiger partial charge in [-0.05, 0) is 43.2 Å². The minimum absolute atomic E-state index is 0.185. The van der Waals surface area contributed by atoms with Crippen molar-refractivity contribution in [1.29, 1.82) is 0 Å². The lowest BCUT2D eigenvalue weighted by Gasteiger charge is -2.22. The first kappa shape index (κ1) is 11.2. The van der Waals surface area contributed by atoms with Crippen molar-refractivity contribution in [2.24, 2.45) is 5.73 Å². The summed E-state index contributed by atoms with van der Waals surface area (Å²) in [5, 5.41) is 9.87. The third kappa shape index (κ3) is 2.64. The van der Waals surface area contributed by atoms with Gasteiger partial charge in [0.05, 0.1) is 6.04 Å². The van der Waals surface area contributed by atoms with Gasteiger partial charge in [-0.3, -0.25) is 0 Å². The molecule has 0 aliphatic heterocycles. The molecular weight excluding hydrogens is 198 g/mol. The fraction of sp³-hybridized carbons (Fsp3) is 0.429. The lowest BCUT2D eigenvalue weighted by molar-refractivity contribution is 0.338. The third-order valence-corrected chi connectivity index (χ3v) is 3.26. The van der Waals surface area contributed by atoms with E-state index >= 15 is 0 Å². The van der Waals surface area contributed by atoms with Crippen LogP contribution in [0, 0.1) is 0 Å². The molecule has 0 aromatic heterocycles. The molecule has 1 aromatic rings. The van der Waals surface area contributed by atoms with Crippen LogP contribution < -0.4 is 5.73 Å². The molecule has 0 amide bonds. The minimum Gasteiger partial charge on any atom is -0.511 e. The number of aliphatic hydroxyl groups is 1. The number of aryl methyl sites for hydroxylation is 1. The molecule has 0 saturated heterocycles. The first-order chi connectivity index (χ1) is 7.77. The Morgan fingerprint density at radius 2 is 1.94 bits per heavy atom. The van der Waals surface area contributed by atoms with Crippen LogP contribution in [0.5, 0.6) is 0 Å². The molecule has 16 heavy (non-hydrogen) atoms. The second kappa shape index (κ2) is 5.17. The predicted octanol–water partition coefficient (Wildman–Crippen LogP) is 2.94.